The number of nitrogens with one attached hydrogen (secondary N) is 2. The number of nitrogens with zero attached hydrogens (tertiary/aromatic N) is 1. The van der Waals surface area contributed by atoms with Crippen LogP contribution in [0.15, 0.2) is 0 Å². The molecule has 0 bridgehead atoms. The molecular weight excluding hydrogens is 226 g/mol. The van der Waals surface area contributed by atoms with Crippen LogP contribution in [0.5, 0.6) is 0 Å². The van der Waals surface area contributed by atoms with Crippen LogP contribution in [0.2, 0.25) is 0 Å². The molecule has 1 saturated carbocycles. The van der Waals surface area contributed by atoms with E-state index in [4.69, 9.17) is 0 Å². The summed E-state index contributed by atoms with van der Waals surface area (Å²) in [6.45, 7) is 5.42. The predicted octanol–water partition coefficient (Wildman–Crippen LogP) is 0.0555. The Morgan fingerprint density at radius 2 is 1.94 bits per heavy atom. The Kier molecular flexibility index (Phi) is 3.53. The summed E-state index contributed by atoms with van der Waals surface area (Å²) in [7, 11) is -3.30. The van der Waals surface area contributed by atoms with E-state index in [1.54, 1.807) is 4.31 Å². The molecule has 1 heterocycles. The normalized spacial score (nSPS) is 26.9. The van der Waals surface area contributed by atoms with Crippen LogP contribution in [0.25, 0.3) is 0 Å². The molecule has 2 fully saturated rings. The Hall–Kier alpha value is -0.170. The van der Waals surface area contributed by atoms with E-state index in [1.807, 2.05) is 13.8 Å². The minimum Gasteiger partial charge on any atom is -0.315 e. The lowest BCUT2D eigenvalue weighted by Gasteiger charge is -2.28. The zero-order valence-corrected chi connectivity index (χ0v) is 10.8. The molecule has 0 amide bonds. The summed E-state index contributed by atoms with van der Waals surface area (Å²) >= 11 is 0. The molecule has 1 aliphatic heterocycles. The van der Waals surface area contributed by atoms with E-state index >= 15 is 0 Å². The van der Waals surface area contributed by atoms with Gasteiger partial charge in [0.2, 0.25) is 0 Å². The molecule has 94 valence electrons. The minimum atomic E-state index is -3.30. The third-order valence-corrected chi connectivity index (χ3v) is 4.88. The molecule has 0 aromatic rings. The molecule has 0 radical (unpaired) electrons. The van der Waals surface area contributed by atoms with Gasteiger partial charge in [0.15, 0.2) is 0 Å². The molecule has 1 saturated heterocycles. The summed E-state index contributed by atoms with van der Waals surface area (Å²) < 4.78 is 28.8. The number of hydrogen-bond acceptors (Lipinski definition) is 3. The fourth-order valence-electron chi connectivity index (χ4n) is 2.24. The second-order valence-corrected chi connectivity index (χ2v) is 6.59. The molecule has 0 aromatic heterocycles. The van der Waals surface area contributed by atoms with Crippen molar-refractivity contribution in [2.24, 2.45) is 0 Å². The van der Waals surface area contributed by atoms with Crippen molar-refractivity contribution >= 4 is 10.2 Å². The average Bonchev–Trinajstić information content (AvgIpc) is 2.78. The molecule has 0 spiro atoms. The van der Waals surface area contributed by atoms with Crippen LogP contribution in [0.3, 0.4) is 0 Å². The van der Waals surface area contributed by atoms with E-state index in [0.717, 1.165) is 32.4 Å². The largest absolute Gasteiger partial charge is 0.315 e. The van der Waals surface area contributed by atoms with Crippen molar-refractivity contribution in [3.05, 3.63) is 0 Å². The summed E-state index contributed by atoms with van der Waals surface area (Å²) in [5.41, 5.74) is 0. The smallest absolute Gasteiger partial charge is 0.280 e. The monoisotopic (exact) mass is 247 g/mol. The van der Waals surface area contributed by atoms with E-state index in [0.29, 0.717) is 0 Å². The Morgan fingerprint density at radius 1 is 1.25 bits per heavy atom. The van der Waals surface area contributed by atoms with E-state index in [2.05, 4.69) is 10.0 Å². The highest BCUT2D eigenvalue weighted by atomic mass is 32.2. The van der Waals surface area contributed by atoms with Crippen LogP contribution >= 0.6 is 0 Å². The van der Waals surface area contributed by atoms with Gasteiger partial charge in [0.1, 0.15) is 0 Å². The molecular formula is C10H21N3O2S. The van der Waals surface area contributed by atoms with E-state index in [9.17, 15) is 8.42 Å². The first-order valence-corrected chi connectivity index (χ1v) is 7.46. The second-order valence-electron chi connectivity index (χ2n) is 4.99. The fourth-order valence-corrected chi connectivity index (χ4v) is 4.13. The van der Waals surface area contributed by atoms with E-state index < -0.39 is 10.2 Å². The van der Waals surface area contributed by atoms with Crippen LogP contribution in [-0.2, 0) is 10.2 Å². The van der Waals surface area contributed by atoms with Gasteiger partial charge in [-0.2, -0.15) is 17.4 Å². The van der Waals surface area contributed by atoms with Crippen LogP contribution < -0.4 is 10.0 Å². The topological polar surface area (TPSA) is 61.4 Å². The minimum absolute atomic E-state index is 0.0411. The first-order chi connectivity index (χ1) is 7.50. The zero-order valence-electron chi connectivity index (χ0n) is 9.94. The van der Waals surface area contributed by atoms with Crippen molar-refractivity contribution in [1.29, 1.82) is 0 Å². The van der Waals surface area contributed by atoms with Gasteiger partial charge in [-0.05, 0) is 39.7 Å². The highest BCUT2D eigenvalue weighted by Gasteiger charge is 2.42. The van der Waals surface area contributed by atoms with Crippen LogP contribution in [0.1, 0.15) is 33.1 Å². The van der Waals surface area contributed by atoms with Crippen LogP contribution in [0.4, 0.5) is 0 Å². The summed E-state index contributed by atoms with van der Waals surface area (Å²) in [5, 5.41) is 3.23. The van der Waals surface area contributed by atoms with Gasteiger partial charge in [-0.3, -0.25) is 0 Å². The fraction of sp³-hybridized carbons (Fsp3) is 1.00. The molecule has 2 rings (SSSR count). The SMILES string of the molecule is CC(C)NS(=O)(=O)N(C1CC1)C1CCNC1. The van der Waals surface area contributed by atoms with Crippen molar-refractivity contribution in [2.75, 3.05) is 13.1 Å². The molecule has 2 N–H and O–H groups in total. The van der Waals surface area contributed by atoms with Gasteiger partial charge in [-0.15, -0.1) is 0 Å². The van der Waals surface area contributed by atoms with Gasteiger partial charge in [0.05, 0.1) is 0 Å². The zero-order chi connectivity index (χ0) is 11.8. The first kappa shape index (κ1) is 12.3. The Labute approximate surface area is 97.8 Å². The summed E-state index contributed by atoms with van der Waals surface area (Å²) in [5.74, 6) is 0. The first-order valence-electron chi connectivity index (χ1n) is 6.02. The van der Waals surface area contributed by atoms with Crippen molar-refractivity contribution in [3.63, 3.8) is 0 Å². The Morgan fingerprint density at radius 3 is 2.38 bits per heavy atom. The third-order valence-electron chi connectivity index (χ3n) is 2.96. The van der Waals surface area contributed by atoms with Gasteiger partial charge < -0.3 is 5.32 Å². The maximum Gasteiger partial charge on any atom is 0.280 e. The van der Waals surface area contributed by atoms with Crippen molar-refractivity contribution in [1.82, 2.24) is 14.3 Å². The second kappa shape index (κ2) is 4.60. The molecule has 1 atom stereocenters. The number of hydrogen-bond donors (Lipinski definition) is 2. The maximum absolute atomic E-state index is 12.2. The molecule has 1 aliphatic carbocycles. The van der Waals surface area contributed by atoms with Gasteiger partial charge in [0.25, 0.3) is 10.2 Å². The molecule has 16 heavy (non-hydrogen) atoms. The Bertz CT molecular complexity index is 332. The molecule has 1 unspecified atom stereocenters. The van der Waals surface area contributed by atoms with Crippen molar-refractivity contribution < 1.29 is 8.42 Å². The molecule has 6 heteroatoms. The van der Waals surface area contributed by atoms with Crippen LogP contribution in [0, 0.1) is 0 Å². The van der Waals surface area contributed by atoms with Crippen molar-refractivity contribution in [3.8, 4) is 0 Å². The molecule has 2 aliphatic rings. The molecule has 0 aromatic carbocycles. The number of rotatable bonds is 5. The predicted molar refractivity (Wildman–Crippen MR) is 63.3 cm³/mol. The van der Waals surface area contributed by atoms with E-state index in [-0.39, 0.29) is 18.1 Å². The quantitative estimate of drug-likeness (QED) is 0.722. The van der Waals surface area contributed by atoms with Gasteiger partial charge in [0, 0.05) is 24.7 Å². The summed E-state index contributed by atoms with van der Waals surface area (Å²) in [4.78, 5) is 0. The highest BCUT2D eigenvalue weighted by molar-refractivity contribution is 7.87. The summed E-state index contributed by atoms with van der Waals surface area (Å²) in [6, 6.07) is 0.338. The lowest BCUT2D eigenvalue weighted by Crippen LogP contribution is -2.50. The standard InChI is InChI=1S/C10H21N3O2S/c1-8(2)12-16(14,15)13(9-3-4-9)10-5-6-11-7-10/h8-12H,3-7H2,1-2H3. The highest BCUT2D eigenvalue weighted by Crippen LogP contribution is 2.32. The van der Waals surface area contributed by atoms with Gasteiger partial charge in [-0.1, -0.05) is 0 Å². The van der Waals surface area contributed by atoms with Crippen molar-refractivity contribution in [2.45, 2.75) is 51.2 Å². The van der Waals surface area contributed by atoms with Gasteiger partial charge >= 0.3 is 0 Å². The van der Waals surface area contributed by atoms with Gasteiger partial charge in [-0.25, -0.2) is 0 Å². The lowest BCUT2D eigenvalue weighted by atomic mass is 10.2. The molecule has 5 nitrogen and oxygen atoms in total. The van der Waals surface area contributed by atoms with Crippen LogP contribution in [-0.4, -0.2) is 43.9 Å². The Balaban J connectivity index is 2.11. The maximum atomic E-state index is 12.2. The van der Waals surface area contributed by atoms with E-state index in [1.165, 1.54) is 0 Å². The third kappa shape index (κ3) is 2.74. The lowest BCUT2D eigenvalue weighted by molar-refractivity contribution is 0.320. The summed E-state index contributed by atoms with van der Waals surface area (Å²) in [6.07, 6.45) is 2.94. The average molecular weight is 247 g/mol.